The summed E-state index contributed by atoms with van der Waals surface area (Å²) >= 11 is 0. The molecule has 2 aromatic carbocycles. The molecule has 0 amide bonds. The van der Waals surface area contributed by atoms with E-state index in [0.29, 0.717) is 11.9 Å². The highest BCUT2D eigenvalue weighted by Crippen LogP contribution is 2.11. The van der Waals surface area contributed by atoms with Gasteiger partial charge in [0, 0.05) is 6.54 Å². The second-order valence-corrected chi connectivity index (χ2v) is 5.96. The van der Waals surface area contributed by atoms with Crippen molar-refractivity contribution in [1.29, 1.82) is 0 Å². The first-order valence-electron chi connectivity index (χ1n) is 8.56. The van der Waals surface area contributed by atoms with Gasteiger partial charge in [0.15, 0.2) is 0 Å². The lowest BCUT2D eigenvalue weighted by Crippen LogP contribution is -2.24. The van der Waals surface area contributed by atoms with Crippen molar-refractivity contribution in [2.45, 2.75) is 19.4 Å². The molecule has 0 aliphatic heterocycles. The standard InChI is InChI=1S/C20H23N3O2/c1-25-17-9-7-16(8-10-17)11-13-21-12-4-14-23-15-22-19-6-3-2-5-18(19)20(23)24/h2-3,5-10,15,21H,4,11-14H2,1H3. The van der Waals surface area contributed by atoms with Crippen molar-refractivity contribution in [2.24, 2.45) is 0 Å². The van der Waals surface area contributed by atoms with E-state index in [-0.39, 0.29) is 5.56 Å². The topological polar surface area (TPSA) is 56.1 Å². The molecule has 3 aromatic rings. The van der Waals surface area contributed by atoms with Gasteiger partial charge in [-0.25, -0.2) is 4.98 Å². The minimum atomic E-state index is 0.0313. The monoisotopic (exact) mass is 337 g/mol. The zero-order valence-electron chi connectivity index (χ0n) is 14.4. The van der Waals surface area contributed by atoms with E-state index in [1.165, 1.54) is 5.56 Å². The molecule has 0 fully saturated rings. The van der Waals surface area contributed by atoms with Gasteiger partial charge < -0.3 is 10.1 Å². The molecule has 1 heterocycles. The Bertz CT molecular complexity index is 872. The molecule has 25 heavy (non-hydrogen) atoms. The number of benzene rings is 2. The van der Waals surface area contributed by atoms with Crippen LogP contribution in [0.5, 0.6) is 5.75 Å². The zero-order valence-corrected chi connectivity index (χ0v) is 14.4. The van der Waals surface area contributed by atoms with Gasteiger partial charge in [0.05, 0.1) is 24.3 Å². The third-order valence-corrected chi connectivity index (χ3v) is 4.23. The molecular weight excluding hydrogens is 314 g/mol. The van der Waals surface area contributed by atoms with Crippen molar-refractivity contribution in [3.05, 3.63) is 70.8 Å². The molecule has 1 N–H and O–H groups in total. The number of nitrogens with one attached hydrogen (secondary N) is 1. The van der Waals surface area contributed by atoms with Crippen LogP contribution in [-0.4, -0.2) is 29.8 Å². The van der Waals surface area contributed by atoms with Crippen LogP contribution in [0, 0.1) is 0 Å². The Morgan fingerprint density at radius 2 is 1.88 bits per heavy atom. The van der Waals surface area contributed by atoms with E-state index in [2.05, 4.69) is 22.4 Å². The van der Waals surface area contributed by atoms with E-state index >= 15 is 0 Å². The second kappa shape index (κ2) is 8.44. The fourth-order valence-corrected chi connectivity index (χ4v) is 2.79. The highest BCUT2D eigenvalue weighted by atomic mass is 16.5. The molecule has 130 valence electrons. The van der Waals surface area contributed by atoms with Crippen LogP contribution in [0.4, 0.5) is 0 Å². The Morgan fingerprint density at radius 3 is 2.68 bits per heavy atom. The fourth-order valence-electron chi connectivity index (χ4n) is 2.79. The predicted octanol–water partition coefficient (Wildman–Crippen LogP) is 2.63. The first kappa shape index (κ1) is 17.2. The van der Waals surface area contributed by atoms with Crippen molar-refractivity contribution in [3.63, 3.8) is 0 Å². The summed E-state index contributed by atoms with van der Waals surface area (Å²) in [7, 11) is 1.67. The maximum absolute atomic E-state index is 12.4. The first-order valence-corrected chi connectivity index (χ1v) is 8.56. The number of rotatable bonds is 8. The van der Waals surface area contributed by atoms with Gasteiger partial charge in [-0.3, -0.25) is 9.36 Å². The van der Waals surface area contributed by atoms with Crippen molar-refractivity contribution in [1.82, 2.24) is 14.9 Å². The number of aromatic nitrogens is 2. The Labute approximate surface area is 147 Å². The molecule has 1 aromatic heterocycles. The summed E-state index contributed by atoms with van der Waals surface area (Å²) in [5, 5.41) is 4.10. The number of hydrogen-bond donors (Lipinski definition) is 1. The summed E-state index contributed by atoms with van der Waals surface area (Å²) in [6.07, 6.45) is 3.51. The first-order chi connectivity index (χ1) is 12.3. The Morgan fingerprint density at radius 1 is 1.08 bits per heavy atom. The van der Waals surface area contributed by atoms with Gasteiger partial charge in [-0.05, 0) is 55.8 Å². The summed E-state index contributed by atoms with van der Waals surface area (Å²) in [6, 6.07) is 15.6. The summed E-state index contributed by atoms with van der Waals surface area (Å²) in [6.45, 7) is 2.46. The SMILES string of the molecule is COc1ccc(CCNCCCn2cnc3ccccc3c2=O)cc1. The lowest BCUT2D eigenvalue weighted by atomic mass is 10.1. The number of methoxy groups -OCH3 is 1. The normalized spacial score (nSPS) is 10.9. The average Bonchev–Trinajstić information content (AvgIpc) is 2.67. The molecular formula is C20H23N3O2. The van der Waals surface area contributed by atoms with Crippen molar-refractivity contribution in [2.75, 3.05) is 20.2 Å². The van der Waals surface area contributed by atoms with Crippen LogP contribution < -0.4 is 15.6 Å². The molecule has 0 spiro atoms. The third-order valence-electron chi connectivity index (χ3n) is 4.23. The highest BCUT2D eigenvalue weighted by Gasteiger charge is 2.02. The quantitative estimate of drug-likeness (QED) is 0.642. The molecule has 5 heteroatoms. The number of nitrogens with zero attached hydrogens (tertiary/aromatic N) is 2. The van der Waals surface area contributed by atoms with Crippen LogP contribution in [0.1, 0.15) is 12.0 Å². The van der Waals surface area contributed by atoms with Crippen molar-refractivity contribution < 1.29 is 4.74 Å². The molecule has 3 rings (SSSR count). The average molecular weight is 337 g/mol. The molecule has 0 bridgehead atoms. The minimum Gasteiger partial charge on any atom is -0.497 e. The second-order valence-electron chi connectivity index (χ2n) is 5.96. The summed E-state index contributed by atoms with van der Waals surface area (Å²) in [4.78, 5) is 16.7. The highest BCUT2D eigenvalue weighted by molar-refractivity contribution is 5.76. The van der Waals surface area contributed by atoms with Crippen LogP contribution in [0.15, 0.2) is 59.7 Å². The molecule has 0 aliphatic carbocycles. The van der Waals surface area contributed by atoms with E-state index in [0.717, 1.165) is 37.2 Å². The number of para-hydroxylation sites is 1. The van der Waals surface area contributed by atoms with Gasteiger partial charge >= 0.3 is 0 Å². The number of ether oxygens (including phenoxy) is 1. The Kier molecular flexibility index (Phi) is 5.80. The van der Waals surface area contributed by atoms with Crippen molar-refractivity contribution >= 4 is 10.9 Å². The smallest absolute Gasteiger partial charge is 0.261 e. The lowest BCUT2D eigenvalue weighted by Gasteiger charge is -2.08. The molecule has 0 unspecified atom stereocenters. The molecule has 0 atom stereocenters. The minimum absolute atomic E-state index is 0.0313. The van der Waals surface area contributed by atoms with Gasteiger partial charge in [-0.2, -0.15) is 0 Å². The number of hydrogen-bond acceptors (Lipinski definition) is 4. The van der Waals surface area contributed by atoms with Gasteiger partial charge in [0.25, 0.3) is 5.56 Å². The predicted molar refractivity (Wildman–Crippen MR) is 100 cm³/mol. The van der Waals surface area contributed by atoms with E-state index < -0.39 is 0 Å². The van der Waals surface area contributed by atoms with Crippen LogP contribution in [0.2, 0.25) is 0 Å². The van der Waals surface area contributed by atoms with E-state index in [4.69, 9.17) is 4.74 Å². The van der Waals surface area contributed by atoms with Gasteiger partial charge in [-0.15, -0.1) is 0 Å². The summed E-state index contributed by atoms with van der Waals surface area (Å²) < 4.78 is 6.84. The van der Waals surface area contributed by atoms with E-state index in [1.54, 1.807) is 18.0 Å². The Hall–Kier alpha value is -2.66. The zero-order chi connectivity index (χ0) is 17.5. The van der Waals surface area contributed by atoms with Crippen molar-refractivity contribution in [3.8, 4) is 5.75 Å². The number of fused-ring (bicyclic) bond motifs is 1. The molecule has 0 saturated carbocycles. The number of aryl methyl sites for hydroxylation is 1. The molecule has 5 nitrogen and oxygen atoms in total. The largest absolute Gasteiger partial charge is 0.497 e. The third kappa shape index (κ3) is 4.45. The van der Waals surface area contributed by atoms with E-state index in [9.17, 15) is 4.79 Å². The lowest BCUT2D eigenvalue weighted by molar-refractivity contribution is 0.414. The summed E-state index contributed by atoms with van der Waals surface area (Å²) in [5.41, 5.74) is 2.06. The molecule has 0 radical (unpaired) electrons. The fraction of sp³-hybridized carbons (Fsp3) is 0.300. The van der Waals surface area contributed by atoms with Gasteiger partial charge in [-0.1, -0.05) is 24.3 Å². The van der Waals surface area contributed by atoms with Crippen LogP contribution in [0.3, 0.4) is 0 Å². The maximum atomic E-state index is 12.4. The Balaban J connectivity index is 1.42. The molecule has 0 saturated heterocycles. The van der Waals surface area contributed by atoms with Crippen LogP contribution in [-0.2, 0) is 13.0 Å². The van der Waals surface area contributed by atoms with E-state index in [1.807, 2.05) is 36.4 Å². The van der Waals surface area contributed by atoms with Crippen LogP contribution in [0.25, 0.3) is 10.9 Å². The maximum Gasteiger partial charge on any atom is 0.261 e. The molecule has 0 aliphatic rings. The van der Waals surface area contributed by atoms with Gasteiger partial charge in [0.1, 0.15) is 5.75 Å². The van der Waals surface area contributed by atoms with Crippen LogP contribution >= 0.6 is 0 Å². The van der Waals surface area contributed by atoms with Gasteiger partial charge in [0.2, 0.25) is 0 Å². The summed E-state index contributed by atoms with van der Waals surface area (Å²) in [5.74, 6) is 0.881.